The van der Waals surface area contributed by atoms with Crippen LogP contribution < -0.4 is 5.46 Å². The molecule has 0 radical (unpaired) electrons. The standard InChI is InChI=1S/C32H23BO2/c34-33(35)32-29-16-8-6-14-27(29)31(28-15-7-9-17-30(28)32)26-13-5-4-12-25(26)24-20-18-23(19-21-24)22-10-2-1-3-11-22/h1-21,34-35H. The SMILES string of the molecule is OB(O)c1c2ccccc2c(-c2ccccc2-c2ccc(-c3ccccc3)cc2)c2ccccc12. The molecule has 0 amide bonds. The third-order valence-corrected chi connectivity index (χ3v) is 6.73. The molecule has 0 saturated heterocycles. The summed E-state index contributed by atoms with van der Waals surface area (Å²) in [5, 5.41) is 24.3. The van der Waals surface area contributed by atoms with Crippen molar-refractivity contribution in [1.82, 2.24) is 0 Å². The Morgan fingerprint density at radius 2 is 0.800 bits per heavy atom. The highest BCUT2D eigenvalue weighted by Crippen LogP contribution is 2.40. The van der Waals surface area contributed by atoms with Crippen LogP contribution in [0.15, 0.2) is 127 Å². The van der Waals surface area contributed by atoms with Crippen LogP contribution in [0.3, 0.4) is 0 Å². The van der Waals surface area contributed by atoms with Gasteiger partial charge in [0.1, 0.15) is 0 Å². The fourth-order valence-corrected chi connectivity index (χ4v) is 5.16. The largest absolute Gasteiger partial charge is 0.489 e. The molecule has 2 N–H and O–H groups in total. The molecular weight excluding hydrogens is 427 g/mol. The molecule has 0 aliphatic carbocycles. The lowest BCUT2D eigenvalue weighted by Gasteiger charge is -2.19. The molecule has 6 rings (SSSR count). The van der Waals surface area contributed by atoms with Gasteiger partial charge in [-0.3, -0.25) is 0 Å². The van der Waals surface area contributed by atoms with Crippen LogP contribution in [0.5, 0.6) is 0 Å². The first-order chi connectivity index (χ1) is 17.2. The van der Waals surface area contributed by atoms with Gasteiger partial charge >= 0.3 is 7.12 Å². The maximum absolute atomic E-state index is 10.3. The Hall–Kier alpha value is -4.18. The highest BCUT2D eigenvalue weighted by molar-refractivity contribution is 6.66. The fraction of sp³-hybridized carbons (Fsp3) is 0. The highest BCUT2D eigenvalue weighted by Gasteiger charge is 2.23. The van der Waals surface area contributed by atoms with E-state index in [1.54, 1.807) is 0 Å². The Bertz CT molecular complexity index is 1600. The number of hydrogen-bond acceptors (Lipinski definition) is 2. The van der Waals surface area contributed by atoms with Crippen LogP contribution in [-0.4, -0.2) is 17.2 Å². The summed E-state index contributed by atoms with van der Waals surface area (Å²) in [5.74, 6) is 0. The minimum absolute atomic E-state index is 0.546. The van der Waals surface area contributed by atoms with Gasteiger partial charge < -0.3 is 10.0 Å². The van der Waals surface area contributed by atoms with Crippen molar-refractivity contribution in [1.29, 1.82) is 0 Å². The molecule has 0 heterocycles. The molecule has 6 aromatic carbocycles. The number of fused-ring (bicyclic) bond motifs is 2. The van der Waals surface area contributed by atoms with Crippen LogP contribution in [0, 0.1) is 0 Å². The zero-order valence-electron chi connectivity index (χ0n) is 19.1. The van der Waals surface area contributed by atoms with Crippen LogP contribution in [0.4, 0.5) is 0 Å². The normalized spacial score (nSPS) is 11.1. The molecule has 35 heavy (non-hydrogen) atoms. The Balaban J connectivity index is 1.61. The number of rotatable bonds is 4. The Labute approximate surface area is 204 Å². The second-order valence-electron chi connectivity index (χ2n) is 8.74. The summed E-state index contributed by atoms with van der Waals surface area (Å²) in [6.07, 6.45) is 0. The van der Waals surface area contributed by atoms with E-state index in [0.717, 1.165) is 43.8 Å². The second-order valence-corrected chi connectivity index (χ2v) is 8.74. The quantitative estimate of drug-likeness (QED) is 0.233. The van der Waals surface area contributed by atoms with Crippen molar-refractivity contribution in [3.8, 4) is 33.4 Å². The molecule has 3 heteroatoms. The minimum Gasteiger partial charge on any atom is -0.423 e. The van der Waals surface area contributed by atoms with E-state index in [1.165, 1.54) is 11.1 Å². The molecule has 0 bridgehead atoms. The van der Waals surface area contributed by atoms with Gasteiger partial charge in [-0.05, 0) is 60.4 Å². The molecule has 0 aliphatic rings. The third-order valence-electron chi connectivity index (χ3n) is 6.73. The van der Waals surface area contributed by atoms with Gasteiger partial charge in [-0.25, -0.2) is 0 Å². The van der Waals surface area contributed by atoms with Gasteiger partial charge in [-0.2, -0.15) is 0 Å². The summed E-state index contributed by atoms with van der Waals surface area (Å²) < 4.78 is 0. The van der Waals surface area contributed by atoms with Crippen LogP contribution in [0.2, 0.25) is 0 Å². The first kappa shape index (κ1) is 21.4. The average molecular weight is 450 g/mol. The molecule has 0 spiro atoms. The fourth-order valence-electron chi connectivity index (χ4n) is 5.16. The Kier molecular flexibility index (Phi) is 5.42. The smallest absolute Gasteiger partial charge is 0.423 e. The summed E-state index contributed by atoms with van der Waals surface area (Å²) >= 11 is 0. The predicted molar refractivity (Wildman–Crippen MR) is 148 cm³/mol. The van der Waals surface area contributed by atoms with E-state index in [4.69, 9.17) is 0 Å². The summed E-state index contributed by atoms with van der Waals surface area (Å²) in [6.45, 7) is 0. The predicted octanol–water partition coefficient (Wildman–Crippen LogP) is 6.67. The van der Waals surface area contributed by atoms with E-state index in [1.807, 2.05) is 42.5 Å². The maximum atomic E-state index is 10.3. The lowest BCUT2D eigenvalue weighted by Crippen LogP contribution is -2.31. The summed E-state index contributed by atoms with van der Waals surface area (Å²) in [7, 11) is -1.56. The molecule has 0 unspecified atom stereocenters. The van der Waals surface area contributed by atoms with E-state index in [9.17, 15) is 10.0 Å². The van der Waals surface area contributed by atoms with Gasteiger partial charge in [-0.1, -0.05) is 127 Å². The van der Waals surface area contributed by atoms with Crippen molar-refractivity contribution in [2.24, 2.45) is 0 Å². The molecule has 6 aromatic rings. The van der Waals surface area contributed by atoms with Gasteiger partial charge in [0.25, 0.3) is 0 Å². The van der Waals surface area contributed by atoms with Gasteiger partial charge in [-0.15, -0.1) is 0 Å². The van der Waals surface area contributed by atoms with Crippen LogP contribution in [0.1, 0.15) is 0 Å². The van der Waals surface area contributed by atoms with Crippen molar-refractivity contribution in [3.05, 3.63) is 127 Å². The molecular formula is C32H23BO2. The van der Waals surface area contributed by atoms with Crippen molar-refractivity contribution >= 4 is 34.1 Å². The molecule has 0 aromatic heterocycles. The van der Waals surface area contributed by atoms with Gasteiger partial charge in [0, 0.05) is 0 Å². The molecule has 2 nitrogen and oxygen atoms in total. The van der Waals surface area contributed by atoms with Crippen LogP contribution in [-0.2, 0) is 0 Å². The Morgan fingerprint density at radius 3 is 1.37 bits per heavy atom. The summed E-state index contributed by atoms with van der Waals surface area (Å²) in [5.41, 5.74) is 7.42. The van der Waals surface area contributed by atoms with Crippen molar-refractivity contribution in [2.45, 2.75) is 0 Å². The number of benzene rings is 6. The monoisotopic (exact) mass is 450 g/mol. The lowest BCUT2D eigenvalue weighted by molar-refractivity contribution is 0.426. The summed E-state index contributed by atoms with van der Waals surface area (Å²) in [6, 6.07) is 43.5. The van der Waals surface area contributed by atoms with Crippen molar-refractivity contribution in [2.75, 3.05) is 0 Å². The van der Waals surface area contributed by atoms with Gasteiger partial charge in [0.05, 0.1) is 0 Å². The van der Waals surface area contributed by atoms with Crippen molar-refractivity contribution < 1.29 is 10.0 Å². The molecule has 0 atom stereocenters. The first-order valence-corrected chi connectivity index (χ1v) is 11.8. The van der Waals surface area contributed by atoms with E-state index in [-0.39, 0.29) is 0 Å². The van der Waals surface area contributed by atoms with Crippen molar-refractivity contribution in [3.63, 3.8) is 0 Å². The maximum Gasteiger partial charge on any atom is 0.489 e. The first-order valence-electron chi connectivity index (χ1n) is 11.8. The molecule has 166 valence electrons. The topological polar surface area (TPSA) is 40.5 Å². The molecule has 0 saturated carbocycles. The zero-order chi connectivity index (χ0) is 23.8. The average Bonchev–Trinajstić information content (AvgIpc) is 2.92. The van der Waals surface area contributed by atoms with Gasteiger partial charge in [0.15, 0.2) is 0 Å². The van der Waals surface area contributed by atoms with Gasteiger partial charge in [0.2, 0.25) is 0 Å². The Morgan fingerprint density at radius 1 is 0.371 bits per heavy atom. The van der Waals surface area contributed by atoms with E-state index in [0.29, 0.717) is 5.46 Å². The zero-order valence-corrected chi connectivity index (χ0v) is 19.1. The molecule has 0 fully saturated rings. The third kappa shape index (κ3) is 3.72. The van der Waals surface area contributed by atoms with E-state index >= 15 is 0 Å². The van der Waals surface area contributed by atoms with Crippen LogP contribution in [0.25, 0.3) is 54.9 Å². The lowest BCUT2D eigenvalue weighted by atomic mass is 9.72. The molecule has 0 aliphatic heterocycles. The van der Waals surface area contributed by atoms with Crippen LogP contribution >= 0.6 is 0 Å². The second kappa shape index (κ2) is 8.88. The van der Waals surface area contributed by atoms with E-state index < -0.39 is 7.12 Å². The minimum atomic E-state index is -1.56. The number of hydrogen-bond donors (Lipinski definition) is 2. The van der Waals surface area contributed by atoms with E-state index in [2.05, 4.69) is 84.9 Å². The highest BCUT2D eigenvalue weighted by atomic mass is 16.4. The summed E-state index contributed by atoms with van der Waals surface area (Å²) in [4.78, 5) is 0.